The number of piperidine rings is 1. The molecule has 2 amide bonds. The first-order chi connectivity index (χ1) is 19.2. The van der Waals surface area contributed by atoms with Crippen molar-refractivity contribution in [2.75, 3.05) is 13.1 Å². The molecule has 0 saturated carbocycles. The van der Waals surface area contributed by atoms with Crippen molar-refractivity contribution in [1.29, 1.82) is 5.26 Å². The maximum Gasteiger partial charge on any atom is 0.274 e. The van der Waals surface area contributed by atoms with Crippen LogP contribution >= 0.6 is 23.2 Å². The standard InChI is InChI=1S/C30H25Cl2N5O3/c31-22-11-7-20(8-12-22)28-23(17-26(34)38)27(35-37(28)25-4-2-1-3-24(25)32)29(39)36-15-13-30(40,14-16-36)21-9-5-19(18-33)6-10-21/h1-12,40H,13-17H2,(H2,34,38). The summed E-state index contributed by atoms with van der Waals surface area (Å²) in [6.07, 6.45) is 0.378. The van der Waals surface area contributed by atoms with Gasteiger partial charge in [0.25, 0.3) is 5.91 Å². The van der Waals surface area contributed by atoms with Crippen LogP contribution in [0.25, 0.3) is 16.9 Å². The van der Waals surface area contributed by atoms with E-state index in [1.54, 1.807) is 82.4 Å². The Kier molecular flexibility index (Phi) is 7.63. The Morgan fingerprint density at radius 1 is 1.00 bits per heavy atom. The number of rotatable bonds is 6. The molecule has 40 heavy (non-hydrogen) atoms. The summed E-state index contributed by atoms with van der Waals surface area (Å²) in [5.41, 5.74) is 7.91. The minimum absolute atomic E-state index is 0.0903. The average molecular weight is 574 g/mol. The van der Waals surface area contributed by atoms with E-state index in [0.29, 0.717) is 56.5 Å². The molecule has 0 spiro atoms. The molecule has 5 rings (SSSR count). The van der Waals surface area contributed by atoms with Crippen molar-refractivity contribution in [2.24, 2.45) is 5.73 Å². The highest BCUT2D eigenvalue weighted by Gasteiger charge is 2.37. The molecule has 1 aliphatic rings. The van der Waals surface area contributed by atoms with E-state index in [0.717, 1.165) is 0 Å². The number of primary amides is 1. The Bertz CT molecular complexity index is 1620. The molecule has 8 nitrogen and oxygen atoms in total. The molecular formula is C30H25Cl2N5O3. The quantitative estimate of drug-likeness (QED) is 0.340. The predicted octanol–water partition coefficient (Wildman–Crippen LogP) is 4.87. The molecule has 1 aliphatic heterocycles. The normalized spacial score (nSPS) is 14.5. The van der Waals surface area contributed by atoms with Crippen molar-refractivity contribution >= 4 is 35.0 Å². The summed E-state index contributed by atoms with van der Waals surface area (Å²) in [6.45, 7) is 0.529. The van der Waals surface area contributed by atoms with Crippen LogP contribution < -0.4 is 5.73 Å². The number of nitriles is 1. The lowest BCUT2D eigenvalue weighted by Gasteiger charge is -2.38. The molecule has 1 fully saturated rings. The number of para-hydroxylation sites is 1. The van der Waals surface area contributed by atoms with Crippen molar-refractivity contribution in [1.82, 2.24) is 14.7 Å². The highest BCUT2D eigenvalue weighted by atomic mass is 35.5. The highest BCUT2D eigenvalue weighted by molar-refractivity contribution is 6.32. The first-order valence-corrected chi connectivity index (χ1v) is 13.4. The Balaban J connectivity index is 1.54. The van der Waals surface area contributed by atoms with E-state index in [4.69, 9.17) is 34.2 Å². The Hall–Kier alpha value is -4.16. The average Bonchev–Trinajstić information content (AvgIpc) is 3.31. The third kappa shape index (κ3) is 5.32. The second-order valence-electron chi connectivity index (χ2n) is 9.70. The number of amides is 2. The Morgan fingerprint density at radius 3 is 2.25 bits per heavy atom. The van der Waals surface area contributed by atoms with Crippen LogP contribution in [0, 0.1) is 11.3 Å². The van der Waals surface area contributed by atoms with Gasteiger partial charge >= 0.3 is 0 Å². The largest absolute Gasteiger partial charge is 0.385 e. The van der Waals surface area contributed by atoms with Crippen molar-refractivity contribution in [3.05, 3.63) is 105 Å². The smallest absolute Gasteiger partial charge is 0.274 e. The van der Waals surface area contributed by atoms with Crippen LogP contribution in [0.5, 0.6) is 0 Å². The van der Waals surface area contributed by atoms with Gasteiger partial charge in [0.05, 0.1) is 40.1 Å². The summed E-state index contributed by atoms with van der Waals surface area (Å²) >= 11 is 12.7. The van der Waals surface area contributed by atoms with E-state index in [2.05, 4.69) is 11.2 Å². The zero-order chi connectivity index (χ0) is 28.4. The Labute approximate surface area is 241 Å². The molecule has 1 saturated heterocycles. The molecule has 0 bridgehead atoms. The van der Waals surface area contributed by atoms with Gasteiger partial charge in [-0.1, -0.05) is 59.6 Å². The third-order valence-corrected chi connectivity index (χ3v) is 7.74. The fraction of sp³-hybridized carbons (Fsp3) is 0.200. The molecule has 202 valence electrons. The van der Waals surface area contributed by atoms with Crippen LogP contribution in [-0.4, -0.2) is 44.7 Å². The molecule has 1 aromatic heterocycles. The molecule has 10 heteroatoms. The number of hydrogen-bond donors (Lipinski definition) is 2. The van der Waals surface area contributed by atoms with E-state index in [9.17, 15) is 14.7 Å². The lowest BCUT2D eigenvalue weighted by molar-refractivity contribution is -0.117. The van der Waals surface area contributed by atoms with Crippen LogP contribution in [0.2, 0.25) is 10.0 Å². The fourth-order valence-electron chi connectivity index (χ4n) is 5.04. The number of halogens is 2. The molecule has 0 atom stereocenters. The number of carbonyl (C=O) groups is 2. The van der Waals surface area contributed by atoms with Crippen LogP contribution in [0.15, 0.2) is 72.8 Å². The van der Waals surface area contributed by atoms with Gasteiger partial charge in [-0.2, -0.15) is 10.4 Å². The van der Waals surface area contributed by atoms with E-state index in [1.165, 1.54) is 0 Å². The van der Waals surface area contributed by atoms with Gasteiger partial charge in [-0.25, -0.2) is 4.68 Å². The number of aromatic nitrogens is 2. The molecule has 0 unspecified atom stereocenters. The first-order valence-electron chi connectivity index (χ1n) is 12.6. The van der Waals surface area contributed by atoms with Crippen LogP contribution in [0.1, 0.15) is 40.0 Å². The van der Waals surface area contributed by atoms with Gasteiger partial charge in [-0.3, -0.25) is 9.59 Å². The molecule has 3 N–H and O–H groups in total. The zero-order valence-corrected chi connectivity index (χ0v) is 22.9. The minimum atomic E-state index is -1.13. The molecule has 0 radical (unpaired) electrons. The minimum Gasteiger partial charge on any atom is -0.385 e. The lowest BCUT2D eigenvalue weighted by atomic mass is 9.84. The van der Waals surface area contributed by atoms with E-state index in [-0.39, 0.29) is 31.1 Å². The van der Waals surface area contributed by atoms with E-state index >= 15 is 0 Å². The summed E-state index contributed by atoms with van der Waals surface area (Å²) < 4.78 is 1.56. The van der Waals surface area contributed by atoms with Crippen LogP contribution in [-0.2, 0) is 16.8 Å². The summed E-state index contributed by atoms with van der Waals surface area (Å²) in [4.78, 5) is 27.8. The first kappa shape index (κ1) is 27.4. The number of aliphatic hydroxyl groups is 1. The fourth-order valence-corrected chi connectivity index (χ4v) is 5.38. The number of benzene rings is 3. The summed E-state index contributed by atoms with van der Waals surface area (Å²) in [7, 11) is 0. The maximum absolute atomic E-state index is 13.9. The summed E-state index contributed by atoms with van der Waals surface area (Å²) in [5.74, 6) is -0.990. The Morgan fingerprint density at radius 2 is 1.65 bits per heavy atom. The van der Waals surface area contributed by atoms with Crippen molar-refractivity contribution in [3.8, 4) is 23.0 Å². The van der Waals surface area contributed by atoms with Gasteiger partial charge in [-0.15, -0.1) is 0 Å². The van der Waals surface area contributed by atoms with Gasteiger partial charge in [0.1, 0.15) is 0 Å². The number of likely N-dealkylation sites (tertiary alicyclic amines) is 1. The summed E-state index contributed by atoms with van der Waals surface area (Å²) in [6, 6.07) is 23.0. The molecule has 3 aromatic carbocycles. The number of hydrogen-bond acceptors (Lipinski definition) is 5. The van der Waals surface area contributed by atoms with E-state index < -0.39 is 11.5 Å². The van der Waals surface area contributed by atoms with E-state index in [1.807, 2.05) is 0 Å². The van der Waals surface area contributed by atoms with Crippen molar-refractivity contribution in [2.45, 2.75) is 24.9 Å². The number of nitrogens with zero attached hydrogens (tertiary/aromatic N) is 4. The predicted molar refractivity (Wildman–Crippen MR) is 152 cm³/mol. The second kappa shape index (κ2) is 11.1. The monoisotopic (exact) mass is 573 g/mol. The molecule has 2 heterocycles. The molecule has 0 aliphatic carbocycles. The highest BCUT2D eigenvalue weighted by Crippen LogP contribution is 2.36. The van der Waals surface area contributed by atoms with Crippen molar-refractivity contribution in [3.63, 3.8) is 0 Å². The van der Waals surface area contributed by atoms with Crippen molar-refractivity contribution < 1.29 is 14.7 Å². The zero-order valence-electron chi connectivity index (χ0n) is 21.3. The number of nitrogens with two attached hydrogens (primary N) is 1. The number of carbonyl (C=O) groups excluding carboxylic acids is 2. The molecular weight excluding hydrogens is 549 g/mol. The SMILES string of the molecule is N#Cc1ccc(C2(O)CCN(C(=O)c3nn(-c4ccccc4Cl)c(-c4ccc(Cl)cc4)c3CC(N)=O)CC2)cc1. The van der Waals surface area contributed by atoms with Gasteiger partial charge in [0.2, 0.25) is 5.91 Å². The van der Waals surface area contributed by atoms with Crippen LogP contribution in [0.3, 0.4) is 0 Å². The van der Waals surface area contributed by atoms with Gasteiger partial charge < -0.3 is 15.7 Å². The molecule has 4 aromatic rings. The van der Waals surface area contributed by atoms with Crippen LogP contribution in [0.4, 0.5) is 0 Å². The van der Waals surface area contributed by atoms with Gasteiger partial charge in [0, 0.05) is 29.2 Å². The van der Waals surface area contributed by atoms with Gasteiger partial charge in [-0.05, 0) is 54.8 Å². The van der Waals surface area contributed by atoms with Gasteiger partial charge in [0.15, 0.2) is 5.69 Å². The maximum atomic E-state index is 13.9. The lowest BCUT2D eigenvalue weighted by Crippen LogP contribution is -2.45. The topological polar surface area (TPSA) is 125 Å². The third-order valence-electron chi connectivity index (χ3n) is 7.16. The summed E-state index contributed by atoms with van der Waals surface area (Å²) in [5, 5.41) is 26.0. The second-order valence-corrected chi connectivity index (χ2v) is 10.5.